The first-order valence-corrected chi connectivity index (χ1v) is 20.2. The number of fused-ring (bicyclic) bond motifs is 2. The van der Waals surface area contributed by atoms with Gasteiger partial charge in [-0.05, 0) is 86.3 Å². The predicted octanol–water partition coefficient (Wildman–Crippen LogP) is 5.60. The molecule has 0 unspecified atom stereocenters. The SMILES string of the molecule is C#C[C@]1(O)CCCN(C)C1=O.COC(=O)c1nn(-c2cccc(Br)c2)c2cc(F)ccc12.COC(=O)c1nn(-c2cccc(C#C[C@]3(O)CCCN(C)C3=O)c2)c2cc(F)ccc12. The monoisotopic (exact) mass is 922 g/mol. The lowest BCUT2D eigenvalue weighted by molar-refractivity contribution is -0.149. The molecule has 63 heavy (non-hydrogen) atoms. The number of likely N-dealkylation sites (tertiary alicyclic amines) is 2. The smallest absolute Gasteiger partial charge is 0.359 e. The van der Waals surface area contributed by atoms with Crippen LogP contribution in [-0.2, 0) is 19.1 Å². The Balaban J connectivity index is 0.000000177. The molecule has 2 atom stereocenters. The molecule has 2 N–H and O–H groups in total. The van der Waals surface area contributed by atoms with Crippen LogP contribution in [0.3, 0.4) is 0 Å². The molecule has 4 aromatic carbocycles. The van der Waals surface area contributed by atoms with Crippen molar-refractivity contribution in [1.29, 1.82) is 0 Å². The first-order chi connectivity index (χ1) is 30.0. The van der Waals surface area contributed by atoms with Gasteiger partial charge in [0.05, 0.1) is 36.6 Å². The van der Waals surface area contributed by atoms with Gasteiger partial charge in [-0.15, -0.1) is 6.42 Å². The van der Waals surface area contributed by atoms with Crippen LogP contribution in [0.5, 0.6) is 0 Å². The molecule has 2 fully saturated rings. The van der Waals surface area contributed by atoms with Crippen LogP contribution in [0.4, 0.5) is 8.78 Å². The molecule has 17 heteroatoms. The fourth-order valence-corrected chi connectivity index (χ4v) is 7.39. The number of carbonyl (C=O) groups excluding carboxylic acids is 4. The van der Waals surface area contributed by atoms with Crippen LogP contribution in [0, 0.1) is 35.8 Å². The third kappa shape index (κ3) is 9.76. The zero-order chi connectivity index (χ0) is 45.6. The van der Waals surface area contributed by atoms with Gasteiger partial charge in [-0.2, -0.15) is 10.2 Å². The van der Waals surface area contributed by atoms with Gasteiger partial charge in [-0.3, -0.25) is 9.59 Å². The van der Waals surface area contributed by atoms with Crippen LogP contribution in [0.25, 0.3) is 33.2 Å². The number of aliphatic hydroxyl groups is 2. The number of esters is 2. The van der Waals surface area contributed by atoms with Crippen LogP contribution < -0.4 is 0 Å². The highest BCUT2D eigenvalue weighted by molar-refractivity contribution is 9.10. The molecule has 2 aromatic heterocycles. The van der Waals surface area contributed by atoms with Gasteiger partial charge < -0.3 is 29.5 Å². The Labute approximate surface area is 369 Å². The normalized spacial score (nSPS) is 18.3. The molecule has 0 spiro atoms. The first-order valence-electron chi connectivity index (χ1n) is 19.4. The zero-order valence-corrected chi connectivity index (χ0v) is 36.1. The van der Waals surface area contributed by atoms with E-state index in [1.807, 2.05) is 24.3 Å². The highest BCUT2D eigenvalue weighted by Gasteiger charge is 2.40. The van der Waals surface area contributed by atoms with E-state index in [0.717, 1.165) is 16.6 Å². The van der Waals surface area contributed by atoms with E-state index in [4.69, 9.17) is 15.9 Å². The van der Waals surface area contributed by atoms with Gasteiger partial charge in [0.25, 0.3) is 11.8 Å². The fraction of sp³-hybridized carbons (Fsp3) is 0.261. The second kappa shape index (κ2) is 19.0. The van der Waals surface area contributed by atoms with Gasteiger partial charge in [-0.1, -0.05) is 45.8 Å². The molecule has 2 aliphatic heterocycles. The van der Waals surface area contributed by atoms with Crippen molar-refractivity contribution in [3.63, 3.8) is 0 Å². The average Bonchev–Trinajstić information content (AvgIpc) is 3.85. The van der Waals surface area contributed by atoms with Crippen molar-refractivity contribution >= 4 is 61.5 Å². The van der Waals surface area contributed by atoms with Gasteiger partial charge in [0, 0.05) is 60.1 Å². The summed E-state index contributed by atoms with van der Waals surface area (Å²) in [5.74, 6) is 4.87. The van der Waals surface area contributed by atoms with Crippen molar-refractivity contribution in [3.8, 4) is 35.6 Å². The summed E-state index contributed by atoms with van der Waals surface area (Å²) in [6.45, 7) is 1.27. The molecule has 0 bridgehead atoms. The van der Waals surface area contributed by atoms with E-state index in [1.165, 1.54) is 69.8 Å². The summed E-state index contributed by atoms with van der Waals surface area (Å²) in [7, 11) is 5.82. The largest absolute Gasteiger partial charge is 0.464 e. The van der Waals surface area contributed by atoms with Crippen LogP contribution in [0.1, 0.15) is 52.2 Å². The Hall–Kier alpha value is -6.92. The van der Waals surface area contributed by atoms with Gasteiger partial charge in [0.1, 0.15) is 11.6 Å². The Kier molecular flexibility index (Phi) is 13.8. The van der Waals surface area contributed by atoms with Crippen molar-refractivity contribution < 1.29 is 47.6 Å². The fourth-order valence-electron chi connectivity index (χ4n) is 7.01. The van der Waals surface area contributed by atoms with Crippen molar-refractivity contribution in [2.75, 3.05) is 41.4 Å². The number of halogens is 3. The zero-order valence-electron chi connectivity index (χ0n) is 34.6. The van der Waals surface area contributed by atoms with Crippen LogP contribution in [-0.4, -0.2) is 116 Å². The lowest BCUT2D eigenvalue weighted by atomic mass is 9.92. The van der Waals surface area contributed by atoms with E-state index in [9.17, 15) is 38.2 Å². The molecule has 8 rings (SSSR count). The number of piperidine rings is 2. The molecule has 6 aromatic rings. The number of likely N-dealkylation sites (N-methyl/N-ethyl adjacent to an activating group) is 2. The predicted molar refractivity (Wildman–Crippen MR) is 232 cm³/mol. The van der Waals surface area contributed by atoms with Gasteiger partial charge in [0.2, 0.25) is 11.2 Å². The maximum absolute atomic E-state index is 13.9. The Morgan fingerprint density at radius 2 is 1.21 bits per heavy atom. The molecule has 0 aliphatic carbocycles. The van der Waals surface area contributed by atoms with Crippen molar-refractivity contribution in [2.24, 2.45) is 0 Å². The summed E-state index contributed by atoms with van der Waals surface area (Å²) in [5, 5.41) is 29.7. The third-order valence-electron chi connectivity index (χ3n) is 10.3. The van der Waals surface area contributed by atoms with Crippen LogP contribution in [0.2, 0.25) is 0 Å². The second-order valence-corrected chi connectivity index (χ2v) is 15.5. The molecule has 14 nitrogen and oxygen atoms in total. The van der Waals surface area contributed by atoms with E-state index in [2.05, 4.69) is 43.9 Å². The molecule has 0 radical (unpaired) electrons. The summed E-state index contributed by atoms with van der Waals surface area (Å²) in [4.78, 5) is 50.4. The molecule has 2 saturated heterocycles. The number of ether oxygens (including phenoxy) is 2. The number of aromatic nitrogens is 4. The lowest BCUT2D eigenvalue weighted by Crippen LogP contribution is -2.51. The lowest BCUT2D eigenvalue weighted by Gasteiger charge is -2.32. The minimum absolute atomic E-state index is 0.0686. The van der Waals surface area contributed by atoms with Crippen molar-refractivity contribution in [3.05, 3.63) is 118 Å². The summed E-state index contributed by atoms with van der Waals surface area (Å²) < 4.78 is 40.8. The molecular weight excluding hydrogens is 882 g/mol. The summed E-state index contributed by atoms with van der Waals surface area (Å²) >= 11 is 3.38. The van der Waals surface area contributed by atoms with Crippen LogP contribution in [0.15, 0.2) is 89.4 Å². The Morgan fingerprint density at radius 1 is 0.730 bits per heavy atom. The number of benzene rings is 4. The maximum atomic E-state index is 13.9. The van der Waals surface area contributed by atoms with E-state index in [0.29, 0.717) is 59.0 Å². The maximum Gasteiger partial charge on any atom is 0.359 e. The number of terminal acetylenes is 1. The van der Waals surface area contributed by atoms with Crippen molar-refractivity contribution in [1.82, 2.24) is 29.4 Å². The van der Waals surface area contributed by atoms with Gasteiger partial charge >= 0.3 is 11.9 Å². The Morgan fingerprint density at radius 3 is 1.68 bits per heavy atom. The number of amides is 2. The molecule has 2 amide bonds. The first kappa shape index (κ1) is 45.6. The number of nitrogens with zero attached hydrogens (tertiary/aromatic N) is 6. The topological polar surface area (TPSA) is 169 Å². The molecule has 2 aliphatic rings. The third-order valence-corrected chi connectivity index (χ3v) is 10.8. The number of hydrogen-bond acceptors (Lipinski definition) is 10. The highest BCUT2D eigenvalue weighted by Crippen LogP contribution is 2.27. The minimum Gasteiger partial charge on any atom is -0.464 e. The molecular formula is C46H41BrF2N6O8. The van der Waals surface area contributed by atoms with Gasteiger partial charge in [-0.25, -0.2) is 27.7 Å². The minimum atomic E-state index is -1.72. The molecule has 4 heterocycles. The van der Waals surface area contributed by atoms with E-state index in [1.54, 1.807) is 38.4 Å². The molecule has 0 saturated carbocycles. The quantitative estimate of drug-likeness (QED) is 0.168. The number of carbonyl (C=O) groups is 4. The standard InChI is InChI=1S/C23H20FN3O4.C15H10BrFN2O2.C8H11NO2/c1-26-12-4-10-23(30,22(26)29)11-9-15-5-3-6-17(13-15)27-19-14-16(24)7-8-18(19)20(25-27)21(28)31-2;1-21-15(20)14-12-6-5-10(17)8-13(12)19(18-14)11-4-2-3-9(16)7-11;1-3-8(11)5-4-6-9(2)7(8)10/h3,5-8,13-14,30H,4,10,12H2,1-2H3;2-8H,1H3;1,11H,4-6H2,2H3/t23-;;8-/m1.0/s1. The number of hydrogen-bond donors (Lipinski definition) is 2. The van der Waals surface area contributed by atoms with E-state index in [-0.39, 0.29) is 23.7 Å². The van der Waals surface area contributed by atoms with Crippen LogP contribution >= 0.6 is 15.9 Å². The van der Waals surface area contributed by atoms with Gasteiger partial charge in [0.15, 0.2) is 11.4 Å². The number of rotatable bonds is 4. The average molecular weight is 924 g/mol. The van der Waals surface area contributed by atoms with Crippen molar-refractivity contribution in [2.45, 2.75) is 36.9 Å². The summed E-state index contributed by atoms with van der Waals surface area (Å²) in [5.41, 5.74) is -0.331. The molecule has 324 valence electrons. The Bertz CT molecular complexity index is 2860. The number of methoxy groups -OCH3 is 2. The summed E-state index contributed by atoms with van der Waals surface area (Å²) in [6.07, 6.45) is 7.12. The van der Waals surface area contributed by atoms with E-state index < -0.39 is 40.7 Å². The second-order valence-electron chi connectivity index (χ2n) is 14.6. The van der Waals surface area contributed by atoms with E-state index >= 15 is 0 Å². The summed E-state index contributed by atoms with van der Waals surface area (Å²) in [6, 6.07) is 22.4. The highest BCUT2D eigenvalue weighted by atomic mass is 79.9.